The van der Waals surface area contributed by atoms with Crippen LogP contribution in [0.4, 0.5) is 0 Å². The highest BCUT2D eigenvalue weighted by Crippen LogP contribution is 2.05. The van der Waals surface area contributed by atoms with E-state index in [2.05, 4.69) is 25.5 Å². The van der Waals surface area contributed by atoms with E-state index < -0.39 is 0 Å². The molecule has 8 heteroatoms. The Labute approximate surface area is 127 Å². The number of fused-ring (bicyclic) bond motifs is 1. The molecule has 1 amide bonds. The van der Waals surface area contributed by atoms with Crippen LogP contribution in [0.2, 0.25) is 0 Å². The number of carbonyl (C=O) groups is 1. The molecule has 0 aliphatic rings. The summed E-state index contributed by atoms with van der Waals surface area (Å²) >= 11 is 0. The van der Waals surface area contributed by atoms with E-state index in [4.69, 9.17) is 0 Å². The van der Waals surface area contributed by atoms with E-state index in [0.29, 0.717) is 24.7 Å². The molecule has 3 aromatic rings. The van der Waals surface area contributed by atoms with Crippen LogP contribution in [0.25, 0.3) is 5.78 Å². The Bertz CT molecular complexity index is 791. The maximum absolute atomic E-state index is 11.9. The molecule has 3 rings (SSSR count). The zero-order valence-corrected chi connectivity index (χ0v) is 12.5. The second kappa shape index (κ2) is 5.92. The molecule has 0 radical (unpaired) electrons. The lowest BCUT2D eigenvalue weighted by atomic mass is 10.4. The van der Waals surface area contributed by atoms with Gasteiger partial charge in [0.05, 0.1) is 13.0 Å². The van der Waals surface area contributed by atoms with E-state index in [0.717, 1.165) is 11.4 Å². The van der Waals surface area contributed by atoms with Gasteiger partial charge in [-0.15, -0.1) is 5.10 Å². The molecule has 3 aromatic heterocycles. The van der Waals surface area contributed by atoms with Crippen molar-refractivity contribution >= 4 is 11.7 Å². The Morgan fingerprint density at radius 3 is 2.95 bits per heavy atom. The molecule has 3 heterocycles. The van der Waals surface area contributed by atoms with Crippen molar-refractivity contribution in [1.82, 2.24) is 34.7 Å². The van der Waals surface area contributed by atoms with Crippen LogP contribution in [0.5, 0.6) is 0 Å². The van der Waals surface area contributed by atoms with Crippen LogP contribution >= 0.6 is 0 Å². The summed E-state index contributed by atoms with van der Waals surface area (Å²) in [6, 6.07) is 3.77. The summed E-state index contributed by atoms with van der Waals surface area (Å²) in [6.07, 6.45) is 3.70. The number of amides is 1. The average Bonchev–Trinajstić information content (AvgIpc) is 3.08. The third-order valence-corrected chi connectivity index (χ3v) is 3.20. The lowest BCUT2D eigenvalue weighted by Crippen LogP contribution is -2.29. The first kappa shape index (κ1) is 14.2. The van der Waals surface area contributed by atoms with Crippen LogP contribution in [-0.2, 0) is 17.8 Å². The van der Waals surface area contributed by atoms with E-state index in [-0.39, 0.29) is 12.3 Å². The Balaban J connectivity index is 1.60. The molecule has 0 atom stereocenters. The highest BCUT2D eigenvalue weighted by atomic mass is 16.1. The molecule has 0 unspecified atom stereocenters. The minimum atomic E-state index is -0.113. The lowest BCUT2D eigenvalue weighted by molar-refractivity contribution is -0.120. The summed E-state index contributed by atoms with van der Waals surface area (Å²) in [7, 11) is 0. The molecule has 0 aromatic carbocycles. The predicted molar refractivity (Wildman–Crippen MR) is 79.2 cm³/mol. The molecular formula is C14H17N7O. The maximum atomic E-state index is 11.9. The standard InChI is InChI=1S/C14H17N7O/c1-10-8-11(2)21-14(17-10)18-12(19-21)9-13(22)15-5-7-20-6-3-4-16-20/h3-4,6,8H,5,7,9H2,1-2H3,(H,15,22). The van der Waals surface area contributed by atoms with Gasteiger partial charge in [0.25, 0.3) is 5.78 Å². The van der Waals surface area contributed by atoms with Gasteiger partial charge in [0.1, 0.15) is 0 Å². The second-order valence-corrected chi connectivity index (χ2v) is 5.07. The molecule has 0 fully saturated rings. The SMILES string of the molecule is Cc1cc(C)n2nc(CC(=O)NCCn3cccn3)nc2n1. The van der Waals surface area contributed by atoms with Crippen LogP contribution < -0.4 is 5.32 Å². The Hall–Kier alpha value is -2.77. The van der Waals surface area contributed by atoms with Crippen molar-refractivity contribution in [1.29, 1.82) is 0 Å². The van der Waals surface area contributed by atoms with Crippen molar-refractivity contribution < 1.29 is 4.79 Å². The molecule has 0 aliphatic heterocycles. The maximum Gasteiger partial charge on any atom is 0.252 e. The third-order valence-electron chi connectivity index (χ3n) is 3.20. The minimum Gasteiger partial charge on any atom is -0.354 e. The number of nitrogens with zero attached hydrogens (tertiary/aromatic N) is 6. The Kier molecular flexibility index (Phi) is 3.82. The molecule has 0 bridgehead atoms. The van der Waals surface area contributed by atoms with E-state index in [1.165, 1.54) is 0 Å². The molecule has 1 N–H and O–H groups in total. The van der Waals surface area contributed by atoms with Crippen LogP contribution in [0, 0.1) is 13.8 Å². The molecule has 114 valence electrons. The van der Waals surface area contributed by atoms with E-state index in [1.807, 2.05) is 32.2 Å². The quantitative estimate of drug-likeness (QED) is 0.731. The summed E-state index contributed by atoms with van der Waals surface area (Å²) in [5, 5.41) is 11.2. The summed E-state index contributed by atoms with van der Waals surface area (Å²) in [4.78, 5) is 20.5. The fourth-order valence-electron chi connectivity index (χ4n) is 2.23. The Morgan fingerprint density at radius 2 is 2.18 bits per heavy atom. The molecule has 0 spiro atoms. The highest BCUT2D eigenvalue weighted by Gasteiger charge is 2.11. The van der Waals surface area contributed by atoms with Gasteiger partial charge in [-0.05, 0) is 26.0 Å². The molecule has 0 aliphatic carbocycles. The monoisotopic (exact) mass is 299 g/mol. The van der Waals surface area contributed by atoms with E-state index in [1.54, 1.807) is 15.4 Å². The first-order valence-electron chi connectivity index (χ1n) is 7.06. The molecule has 0 saturated carbocycles. The zero-order chi connectivity index (χ0) is 15.5. The van der Waals surface area contributed by atoms with Crippen LogP contribution in [0.15, 0.2) is 24.5 Å². The van der Waals surface area contributed by atoms with Crippen molar-refractivity contribution in [3.05, 3.63) is 41.7 Å². The van der Waals surface area contributed by atoms with Crippen molar-refractivity contribution in [2.45, 2.75) is 26.8 Å². The first-order valence-corrected chi connectivity index (χ1v) is 7.06. The molecule has 22 heavy (non-hydrogen) atoms. The first-order chi connectivity index (χ1) is 10.6. The molecule has 8 nitrogen and oxygen atoms in total. The van der Waals surface area contributed by atoms with Gasteiger partial charge in [0, 0.05) is 30.3 Å². The molecular weight excluding hydrogens is 282 g/mol. The predicted octanol–water partition coefficient (Wildman–Crippen LogP) is 0.297. The Morgan fingerprint density at radius 1 is 1.32 bits per heavy atom. The van der Waals surface area contributed by atoms with Gasteiger partial charge < -0.3 is 5.32 Å². The fraction of sp³-hybridized carbons (Fsp3) is 0.357. The number of aromatic nitrogens is 6. The van der Waals surface area contributed by atoms with Gasteiger partial charge >= 0.3 is 0 Å². The number of carbonyl (C=O) groups excluding carboxylic acids is 1. The average molecular weight is 299 g/mol. The number of rotatable bonds is 5. The van der Waals surface area contributed by atoms with Gasteiger partial charge in [-0.2, -0.15) is 10.1 Å². The zero-order valence-electron chi connectivity index (χ0n) is 12.5. The number of nitrogens with one attached hydrogen (secondary N) is 1. The summed E-state index contributed by atoms with van der Waals surface area (Å²) in [5.74, 6) is 0.882. The second-order valence-electron chi connectivity index (χ2n) is 5.07. The highest BCUT2D eigenvalue weighted by molar-refractivity contribution is 5.77. The summed E-state index contributed by atoms with van der Waals surface area (Å²) < 4.78 is 3.42. The number of hydrogen-bond donors (Lipinski definition) is 1. The normalized spacial score (nSPS) is 11.0. The van der Waals surface area contributed by atoms with Gasteiger partial charge in [0.15, 0.2) is 5.82 Å². The van der Waals surface area contributed by atoms with Gasteiger partial charge in [-0.1, -0.05) is 0 Å². The number of aryl methyl sites for hydroxylation is 2. The van der Waals surface area contributed by atoms with E-state index in [9.17, 15) is 4.79 Å². The van der Waals surface area contributed by atoms with Crippen molar-refractivity contribution in [3.63, 3.8) is 0 Å². The van der Waals surface area contributed by atoms with Crippen LogP contribution in [0.1, 0.15) is 17.2 Å². The van der Waals surface area contributed by atoms with Gasteiger partial charge in [-0.3, -0.25) is 9.48 Å². The van der Waals surface area contributed by atoms with Crippen LogP contribution in [0.3, 0.4) is 0 Å². The number of hydrogen-bond acceptors (Lipinski definition) is 5. The summed E-state index contributed by atoms with van der Waals surface area (Å²) in [6.45, 7) is 5.00. The molecule has 0 saturated heterocycles. The largest absolute Gasteiger partial charge is 0.354 e. The summed E-state index contributed by atoms with van der Waals surface area (Å²) in [5.41, 5.74) is 1.83. The van der Waals surface area contributed by atoms with Crippen molar-refractivity contribution in [3.8, 4) is 0 Å². The van der Waals surface area contributed by atoms with Gasteiger partial charge in [0.2, 0.25) is 5.91 Å². The van der Waals surface area contributed by atoms with Crippen LogP contribution in [-0.4, -0.2) is 41.8 Å². The third kappa shape index (κ3) is 3.11. The fourth-order valence-corrected chi connectivity index (χ4v) is 2.23. The topological polar surface area (TPSA) is 90.0 Å². The smallest absolute Gasteiger partial charge is 0.252 e. The lowest BCUT2D eigenvalue weighted by Gasteiger charge is -2.03. The minimum absolute atomic E-state index is 0.113. The van der Waals surface area contributed by atoms with E-state index >= 15 is 0 Å². The van der Waals surface area contributed by atoms with Crippen molar-refractivity contribution in [2.24, 2.45) is 0 Å². The van der Waals surface area contributed by atoms with Crippen molar-refractivity contribution in [2.75, 3.05) is 6.54 Å². The van der Waals surface area contributed by atoms with Gasteiger partial charge in [-0.25, -0.2) is 9.50 Å².